The summed E-state index contributed by atoms with van der Waals surface area (Å²) in [5.74, 6) is 0.526. The molecule has 1 fully saturated rings. The molecule has 134 valence electrons. The van der Waals surface area contributed by atoms with Gasteiger partial charge < -0.3 is 4.90 Å². The first-order valence-electron chi connectivity index (χ1n) is 9.23. The van der Waals surface area contributed by atoms with E-state index in [-0.39, 0.29) is 11.7 Å². The minimum atomic E-state index is -0.00865. The second-order valence-electron chi connectivity index (χ2n) is 7.00. The summed E-state index contributed by atoms with van der Waals surface area (Å²) in [5, 5.41) is 2.55. The highest BCUT2D eigenvalue weighted by molar-refractivity contribution is 7.13. The third kappa shape index (κ3) is 3.12. The van der Waals surface area contributed by atoms with Crippen LogP contribution in [0.15, 0.2) is 41.4 Å². The molecule has 2 aromatic rings. The molecule has 1 aliphatic carbocycles. The first-order valence-corrected chi connectivity index (χ1v) is 10.1. The van der Waals surface area contributed by atoms with Crippen LogP contribution in [0.5, 0.6) is 0 Å². The molecular weight excluding hydrogens is 344 g/mol. The fraction of sp³-hybridized carbons (Fsp3) is 0.381. The van der Waals surface area contributed by atoms with Crippen LogP contribution in [0.2, 0.25) is 0 Å². The number of fused-ring (bicyclic) bond motifs is 1. The average Bonchev–Trinajstić information content (AvgIpc) is 3.17. The molecule has 1 aliphatic heterocycles. The molecule has 2 heterocycles. The summed E-state index contributed by atoms with van der Waals surface area (Å²) in [6, 6.07) is 7.45. The first kappa shape index (κ1) is 17.2. The number of benzene rings is 1. The van der Waals surface area contributed by atoms with E-state index in [2.05, 4.69) is 11.1 Å². The largest absolute Gasteiger partial charge is 0.311 e. The van der Waals surface area contributed by atoms with Crippen molar-refractivity contribution in [2.24, 2.45) is 5.92 Å². The number of amides is 1. The van der Waals surface area contributed by atoms with E-state index in [4.69, 9.17) is 0 Å². The molecule has 1 atom stereocenters. The number of aromatic nitrogens is 1. The van der Waals surface area contributed by atoms with Crippen molar-refractivity contribution in [1.82, 2.24) is 9.88 Å². The molecular formula is C21H22N2O2S. The summed E-state index contributed by atoms with van der Waals surface area (Å²) < 4.78 is 0. The summed E-state index contributed by atoms with van der Waals surface area (Å²) in [6.45, 7) is 2.33. The third-order valence-electron chi connectivity index (χ3n) is 5.28. The van der Waals surface area contributed by atoms with Crippen LogP contribution in [0.1, 0.15) is 59.9 Å². The number of thiazole rings is 1. The highest BCUT2D eigenvalue weighted by Crippen LogP contribution is 2.36. The Morgan fingerprint density at radius 1 is 1.19 bits per heavy atom. The van der Waals surface area contributed by atoms with Gasteiger partial charge in [0, 0.05) is 28.7 Å². The molecule has 1 unspecified atom stereocenters. The van der Waals surface area contributed by atoms with Gasteiger partial charge in [0.05, 0.1) is 0 Å². The third-order valence-corrected chi connectivity index (χ3v) is 6.16. The van der Waals surface area contributed by atoms with Crippen LogP contribution in [0.25, 0.3) is 10.6 Å². The number of piperidine rings is 1. The fourth-order valence-electron chi connectivity index (χ4n) is 4.01. The normalized spacial score (nSPS) is 19.7. The molecule has 1 aromatic heterocycles. The van der Waals surface area contributed by atoms with Crippen LogP contribution in [-0.2, 0) is 0 Å². The average molecular weight is 366 g/mol. The van der Waals surface area contributed by atoms with E-state index in [0.29, 0.717) is 17.2 Å². The van der Waals surface area contributed by atoms with E-state index < -0.39 is 0 Å². The lowest BCUT2D eigenvalue weighted by Crippen LogP contribution is -2.39. The molecule has 4 nitrogen and oxygen atoms in total. The van der Waals surface area contributed by atoms with Gasteiger partial charge in [-0.05, 0) is 44.9 Å². The van der Waals surface area contributed by atoms with Gasteiger partial charge in [0.2, 0.25) is 0 Å². The molecule has 0 radical (unpaired) electrons. The highest BCUT2D eigenvalue weighted by atomic mass is 32.1. The molecule has 0 saturated carbocycles. The molecule has 0 bridgehead atoms. The van der Waals surface area contributed by atoms with Crippen LogP contribution >= 0.6 is 11.3 Å². The van der Waals surface area contributed by atoms with Crippen LogP contribution in [0.4, 0.5) is 0 Å². The molecule has 0 spiro atoms. The maximum Gasteiger partial charge on any atom is 0.277 e. The number of nitrogens with zero attached hydrogens (tertiary/aromatic N) is 2. The van der Waals surface area contributed by atoms with E-state index in [9.17, 15) is 9.59 Å². The Morgan fingerprint density at radius 2 is 2.00 bits per heavy atom. The van der Waals surface area contributed by atoms with Crippen molar-refractivity contribution < 1.29 is 9.59 Å². The Hall–Kier alpha value is -2.27. The second-order valence-corrected chi connectivity index (χ2v) is 7.85. The molecule has 26 heavy (non-hydrogen) atoms. The number of rotatable bonds is 3. The molecule has 0 N–H and O–H groups in total. The summed E-state index contributed by atoms with van der Waals surface area (Å²) in [7, 11) is 0. The first-order chi connectivity index (χ1) is 12.6. The molecule has 4 rings (SSSR count). The van der Waals surface area contributed by atoms with Gasteiger partial charge in [-0.25, -0.2) is 4.98 Å². The van der Waals surface area contributed by atoms with E-state index >= 15 is 0 Å². The van der Waals surface area contributed by atoms with E-state index in [0.717, 1.165) is 30.0 Å². The summed E-state index contributed by atoms with van der Waals surface area (Å²) in [5.41, 5.74) is 3.13. The van der Waals surface area contributed by atoms with Crippen LogP contribution in [-0.4, -0.2) is 28.1 Å². The Kier molecular flexibility index (Phi) is 4.72. The fourth-order valence-corrected chi connectivity index (χ4v) is 4.84. The Bertz CT molecular complexity index is 884. The smallest absolute Gasteiger partial charge is 0.277 e. The molecule has 2 aliphatic rings. The Labute approximate surface area is 157 Å². The number of Topliss-reactive ketones (excluding diaryl/α,β-unsaturated/α-hetero) is 1. The van der Waals surface area contributed by atoms with E-state index in [1.54, 1.807) is 6.92 Å². The topological polar surface area (TPSA) is 50.3 Å². The predicted molar refractivity (Wildman–Crippen MR) is 103 cm³/mol. The summed E-state index contributed by atoms with van der Waals surface area (Å²) in [4.78, 5) is 31.5. The standard InChI is InChI=1S/C21H22N2O2S/c1-14(24)16-9-3-4-10-17(16)20-22-18(13-26-20)21(25)23-12-6-8-15-7-2-5-11-19(15)23/h3-4,9-11,13,15H,2,5-8,12H2,1H3. The van der Waals surface area contributed by atoms with Gasteiger partial charge in [-0.1, -0.05) is 30.3 Å². The minimum Gasteiger partial charge on any atom is -0.311 e. The van der Waals surface area contributed by atoms with Crippen molar-refractivity contribution >= 4 is 23.0 Å². The maximum atomic E-state index is 13.1. The maximum absolute atomic E-state index is 13.1. The molecule has 1 amide bonds. The lowest BCUT2D eigenvalue weighted by Gasteiger charge is -2.37. The number of carbonyl (C=O) groups excluding carboxylic acids is 2. The summed E-state index contributed by atoms with van der Waals surface area (Å²) in [6.07, 6.45) is 7.94. The van der Waals surface area contributed by atoms with Gasteiger partial charge >= 0.3 is 0 Å². The molecule has 5 heteroatoms. The van der Waals surface area contributed by atoms with Crippen molar-refractivity contribution in [3.05, 3.63) is 52.7 Å². The lowest BCUT2D eigenvalue weighted by molar-refractivity contribution is 0.0744. The monoisotopic (exact) mass is 366 g/mol. The number of allylic oxidation sites excluding steroid dienone is 2. The number of hydrogen-bond acceptors (Lipinski definition) is 4. The van der Waals surface area contributed by atoms with Crippen molar-refractivity contribution in [1.29, 1.82) is 0 Å². The van der Waals surface area contributed by atoms with E-state index in [1.807, 2.05) is 34.5 Å². The lowest BCUT2D eigenvalue weighted by atomic mass is 9.85. The van der Waals surface area contributed by atoms with Crippen molar-refractivity contribution in [2.45, 2.75) is 39.0 Å². The van der Waals surface area contributed by atoms with Crippen molar-refractivity contribution in [2.75, 3.05) is 6.54 Å². The predicted octanol–water partition coefficient (Wildman–Crippen LogP) is 4.93. The zero-order valence-electron chi connectivity index (χ0n) is 14.9. The van der Waals surface area contributed by atoms with Gasteiger partial charge in [0.15, 0.2) is 5.78 Å². The van der Waals surface area contributed by atoms with Gasteiger partial charge in [-0.15, -0.1) is 11.3 Å². The van der Waals surface area contributed by atoms with Gasteiger partial charge in [0.1, 0.15) is 10.7 Å². The van der Waals surface area contributed by atoms with Gasteiger partial charge in [0.25, 0.3) is 5.91 Å². The number of carbonyl (C=O) groups is 2. The van der Waals surface area contributed by atoms with Crippen LogP contribution in [0.3, 0.4) is 0 Å². The zero-order chi connectivity index (χ0) is 18.1. The van der Waals surface area contributed by atoms with Crippen molar-refractivity contribution in [3.8, 4) is 10.6 Å². The molecule has 1 saturated heterocycles. The Morgan fingerprint density at radius 3 is 2.85 bits per heavy atom. The van der Waals surface area contributed by atoms with Gasteiger partial charge in [-0.2, -0.15) is 0 Å². The van der Waals surface area contributed by atoms with Crippen molar-refractivity contribution in [3.63, 3.8) is 0 Å². The van der Waals surface area contributed by atoms with E-state index in [1.165, 1.54) is 36.3 Å². The van der Waals surface area contributed by atoms with Crippen LogP contribution in [0, 0.1) is 5.92 Å². The minimum absolute atomic E-state index is 0.00865. The summed E-state index contributed by atoms with van der Waals surface area (Å²) >= 11 is 1.43. The highest BCUT2D eigenvalue weighted by Gasteiger charge is 2.31. The quantitative estimate of drug-likeness (QED) is 0.724. The zero-order valence-corrected chi connectivity index (χ0v) is 15.7. The van der Waals surface area contributed by atoms with Gasteiger partial charge in [-0.3, -0.25) is 9.59 Å². The molecule has 1 aromatic carbocycles. The number of ketones is 1. The number of likely N-dealkylation sites (tertiary alicyclic amines) is 1. The SMILES string of the molecule is CC(=O)c1ccccc1-c1nc(C(=O)N2CCCC3CCCC=C32)cs1. The second kappa shape index (κ2) is 7.16. The van der Waals surface area contributed by atoms with Crippen LogP contribution < -0.4 is 0 Å². The Balaban J connectivity index is 1.63. The number of hydrogen-bond donors (Lipinski definition) is 0.